The summed E-state index contributed by atoms with van der Waals surface area (Å²) in [6.07, 6.45) is 2.57. The Hall–Kier alpha value is -1.84. The number of guanidine groups is 1. The molecular formula is C22H36IN5O2. The highest BCUT2D eigenvalue weighted by molar-refractivity contribution is 14.0. The molecule has 0 unspecified atom stereocenters. The number of nitrogens with zero attached hydrogens (tertiary/aromatic N) is 3. The van der Waals surface area contributed by atoms with Crippen molar-refractivity contribution in [2.45, 2.75) is 46.6 Å². The third-order valence-corrected chi connectivity index (χ3v) is 5.08. The van der Waals surface area contributed by atoms with Crippen molar-refractivity contribution >= 4 is 41.8 Å². The predicted octanol–water partition coefficient (Wildman–Crippen LogP) is 2.85. The topological polar surface area (TPSA) is 77.0 Å². The lowest BCUT2D eigenvalue weighted by atomic mass is 10.1. The summed E-state index contributed by atoms with van der Waals surface area (Å²) >= 11 is 0. The molecule has 1 aliphatic rings. The fourth-order valence-electron chi connectivity index (χ4n) is 3.38. The lowest BCUT2D eigenvalue weighted by Crippen LogP contribution is -2.39. The van der Waals surface area contributed by atoms with Crippen molar-refractivity contribution in [3.63, 3.8) is 0 Å². The Morgan fingerprint density at radius 2 is 1.83 bits per heavy atom. The van der Waals surface area contributed by atoms with Crippen LogP contribution in [-0.4, -0.2) is 66.8 Å². The fourth-order valence-corrected chi connectivity index (χ4v) is 3.38. The Labute approximate surface area is 197 Å². The second-order valence-corrected chi connectivity index (χ2v) is 7.13. The molecular weight excluding hydrogens is 493 g/mol. The van der Waals surface area contributed by atoms with Gasteiger partial charge in [-0.3, -0.25) is 9.59 Å². The van der Waals surface area contributed by atoms with Crippen LogP contribution in [-0.2, 0) is 11.3 Å². The monoisotopic (exact) mass is 529 g/mol. The number of nitrogens with one attached hydrogen (secondary N) is 2. The molecule has 0 spiro atoms. The van der Waals surface area contributed by atoms with Crippen LogP contribution < -0.4 is 10.6 Å². The molecule has 2 rings (SSSR count). The van der Waals surface area contributed by atoms with E-state index < -0.39 is 0 Å². The van der Waals surface area contributed by atoms with Gasteiger partial charge in [-0.2, -0.15) is 0 Å². The zero-order valence-electron chi connectivity index (χ0n) is 18.4. The third-order valence-electron chi connectivity index (χ3n) is 5.08. The van der Waals surface area contributed by atoms with Crippen molar-refractivity contribution in [2.24, 2.45) is 4.99 Å². The first-order valence-electron chi connectivity index (χ1n) is 10.8. The number of aliphatic imine (C=N–C) groups is 1. The molecule has 168 valence electrons. The van der Waals surface area contributed by atoms with Crippen LogP contribution in [0.3, 0.4) is 0 Å². The van der Waals surface area contributed by atoms with E-state index in [0.717, 1.165) is 50.5 Å². The minimum Gasteiger partial charge on any atom is -0.357 e. The molecule has 2 amide bonds. The van der Waals surface area contributed by atoms with Crippen LogP contribution in [0.2, 0.25) is 0 Å². The summed E-state index contributed by atoms with van der Waals surface area (Å²) in [5.74, 6) is 1.11. The van der Waals surface area contributed by atoms with Crippen LogP contribution in [0.5, 0.6) is 0 Å². The first-order valence-corrected chi connectivity index (χ1v) is 10.8. The van der Waals surface area contributed by atoms with E-state index in [2.05, 4.69) is 15.6 Å². The van der Waals surface area contributed by atoms with Gasteiger partial charge in [-0.25, -0.2) is 4.99 Å². The summed E-state index contributed by atoms with van der Waals surface area (Å²) in [5, 5.41) is 6.58. The van der Waals surface area contributed by atoms with Crippen molar-refractivity contribution in [3.05, 3.63) is 35.4 Å². The second kappa shape index (κ2) is 14.2. The predicted molar refractivity (Wildman–Crippen MR) is 132 cm³/mol. The average Bonchev–Trinajstić information content (AvgIpc) is 3.15. The Morgan fingerprint density at radius 3 is 2.40 bits per heavy atom. The van der Waals surface area contributed by atoms with Crippen LogP contribution in [0.1, 0.15) is 56.0 Å². The molecule has 1 aromatic rings. The standard InChI is InChI=1S/C22H35N5O2.HI/c1-4-23-22(24-14-8-16-27-15-7-9-20(27)28)25-17-18-10-12-19(13-11-18)21(29)26(5-2)6-3;/h10-13H,4-9,14-17H2,1-3H3,(H2,23,24,25);1H. The van der Waals surface area contributed by atoms with Gasteiger partial charge in [0.2, 0.25) is 5.91 Å². The van der Waals surface area contributed by atoms with Crippen molar-refractivity contribution in [1.29, 1.82) is 0 Å². The van der Waals surface area contributed by atoms with Crippen molar-refractivity contribution in [1.82, 2.24) is 20.4 Å². The highest BCUT2D eigenvalue weighted by Gasteiger charge is 2.19. The van der Waals surface area contributed by atoms with Gasteiger partial charge < -0.3 is 20.4 Å². The maximum Gasteiger partial charge on any atom is 0.253 e. The van der Waals surface area contributed by atoms with E-state index >= 15 is 0 Å². The largest absolute Gasteiger partial charge is 0.357 e. The van der Waals surface area contributed by atoms with Gasteiger partial charge in [-0.1, -0.05) is 12.1 Å². The molecule has 0 radical (unpaired) electrons. The molecule has 0 saturated carbocycles. The number of likely N-dealkylation sites (tertiary alicyclic amines) is 1. The highest BCUT2D eigenvalue weighted by atomic mass is 127. The molecule has 1 aliphatic heterocycles. The van der Waals surface area contributed by atoms with E-state index in [9.17, 15) is 9.59 Å². The third kappa shape index (κ3) is 8.12. The van der Waals surface area contributed by atoms with E-state index in [1.54, 1.807) is 0 Å². The molecule has 7 nitrogen and oxygen atoms in total. The van der Waals surface area contributed by atoms with Gasteiger partial charge in [0.15, 0.2) is 5.96 Å². The first kappa shape index (κ1) is 26.2. The molecule has 8 heteroatoms. The Kier molecular flexibility index (Phi) is 12.4. The zero-order valence-corrected chi connectivity index (χ0v) is 20.8. The van der Waals surface area contributed by atoms with Crippen molar-refractivity contribution in [3.8, 4) is 0 Å². The molecule has 1 fully saturated rings. The number of carbonyl (C=O) groups is 2. The maximum absolute atomic E-state index is 12.4. The van der Waals surface area contributed by atoms with Gasteiger partial charge >= 0.3 is 0 Å². The molecule has 30 heavy (non-hydrogen) atoms. The molecule has 0 atom stereocenters. The van der Waals surface area contributed by atoms with Crippen LogP contribution >= 0.6 is 24.0 Å². The van der Waals surface area contributed by atoms with Crippen LogP contribution in [0, 0.1) is 0 Å². The number of rotatable bonds is 10. The SMILES string of the molecule is CCNC(=NCc1ccc(C(=O)N(CC)CC)cc1)NCCCN1CCCC1=O.I. The quantitative estimate of drug-likeness (QED) is 0.212. The lowest BCUT2D eigenvalue weighted by molar-refractivity contribution is -0.127. The van der Waals surface area contributed by atoms with E-state index in [4.69, 9.17) is 0 Å². The number of amides is 2. The van der Waals surface area contributed by atoms with E-state index in [1.165, 1.54) is 0 Å². The van der Waals surface area contributed by atoms with Crippen LogP contribution in [0.25, 0.3) is 0 Å². The number of halogens is 1. The lowest BCUT2D eigenvalue weighted by Gasteiger charge is -2.18. The van der Waals surface area contributed by atoms with E-state index in [-0.39, 0.29) is 35.8 Å². The van der Waals surface area contributed by atoms with Gasteiger partial charge in [-0.05, 0) is 51.3 Å². The fraction of sp³-hybridized carbons (Fsp3) is 0.591. The summed E-state index contributed by atoms with van der Waals surface area (Å²) in [4.78, 5) is 32.4. The summed E-state index contributed by atoms with van der Waals surface area (Å²) in [6, 6.07) is 7.67. The number of benzene rings is 1. The summed E-state index contributed by atoms with van der Waals surface area (Å²) in [5.41, 5.74) is 1.77. The van der Waals surface area contributed by atoms with Gasteiger partial charge in [0, 0.05) is 51.3 Å². The summed E-state index contributed by atoms with van der Waals surface area (Å²) in [7, 11) is 0. The Bertz CT molecular complexity index is 689. The number of carbonyl (C=O) groups excluding carboxylic acids is 2. The molecule has 0 aliphatic carbocycles. The zero-order chi connectivity index (χ0) is 21.1. The van der Waals surface area contributed by atoms with Crippen LogP contribution in [0.4, 0.5) is 0 Å². The van der Waals surface area contributed by atoms with Gasteiger partial charge in [0.1, 0.15) is 0 Å². The summed E-state index contributed by atoms with van der Waals surface area (Å²) in [6.45, 7) is 11.2. The maximum atomic E-state index is 12.4. The second-order valence-electron chi connectivity index (χ2n) is 7.13. The van der Waals surface area contributed by atoms with Gasteiger partial charge in [0.05, 0.1) is 6.54 Å². The number of hydrogen-bond donors (Lipinski definition) is 2. The van der Waals surface area contributed by atoms with Gasteiger partial charge in [-0.15, -0.1) is 24.0 Å². The van der Waals surface area contributed by atoms with Crippen LogP contribution in [0.15, 0.2) is 29.3 Å². The molecule has 1 saturated heterocycles. The van der Waals surface area contributed by atoms with E-state index in [1.807, 2.05) is 54.8 Å². The Balaban J connectivity index is 0.00000450. The molecule has 0 bridgehead atoms. The van der Waals surface area contributed by atoms with Crippen molar-refractivity contribution in [2.75, 3.05) is 39.3 Å². The first-order chi connectivity index (χ1) is 14.1. The Morgan fingerprint density at radius 1 is 1.13 bits per heavy atom. The van der Waals surface area contributed by atoms with E-state index in [0.29, 0.717) is 31.6 Å². The number of hydrogen-bond acceptors (Lipinski definition) is 3. The van der Waals surface area contributed by atoms with Crippen molar-refractivity contribution < 1.29 is 9.59 Å². The normalized spacial score (nSPS) is 13.8. The highest BCUT2D eigenvalue weighted by Crippen LogP contribution is 2.10. The minimum atomic E-state index is 0. The molecule has 0 aromatic heterocycles. The minimum absolute atomic E-state index is 0. The summed E-state index contributed by atoms with van der Waals surface area (Å²) < 4.78 is 0. The molecule has 1 heterocycles. The van der Waals surface area contributed by atoms with Gasteiger partial charge in [0.25, 0.3) is 5.91 Å². The molecule has 1 aromatic carbocycles. The average molecular weight is 529 g/mol. The molecule has 2 N–H and O–H groups in total. The smallest absolute Gasteiger partial charge is 0.253 e.